The van der Waals surface area contributed by atoms with E-state index in [1.807, 2.05) is 20.8 Å². The first-order chi connectivity index (χ1) is 7.93. The Kier molecular flexibility index (Phi) is 4.34. The molecule has 1 N–H and O–H groups in total. The highest BCUT2D eigenvalue weighted by Crippen LogP contribution is 2.35. The van der Waals surface area contributed by atoms with Gasteiger partial charge in [0.1, 0.15) is 5.69 Å². The Balaban J connectivity index is 3.17. The highest BCUT2D eigenvalue weighted by Gasteiger charge is 2.25. The molecule has 0 saturated heterocycles. The van der Waals surface area contributed by atoms with Gasteiger partial charge in [-0.05, 0) is 25.8 Å². The van der Waals surface area contributed by atoms with Gasteiger partial charge in [-0.25, -0.2) is 0 Å². The predicted molar refractivity (Wildman–Crippen MR) is 70.7 cm³/mol. The first-order valence-electron chi connectivity index (χ1n) is 5.64. The van der Waals surface area contributed by atoms with Crippen LogP contribution < -0.4 is 5.32 Å². The van der Waals surface area contributed by atoms with Gasteiger partial charge in [-0.3, -0.25) is 10.1 Å². The molecule has 0 unspecified atom stereocenters. The molecule has 0 aliphatic heterocycles. The van der Waals surface area contributed by atoms with E-state index in [1.54, 1.807) is 12.1 Å². The average molecular weight is 257 g/mol. The van der Waals surface area contributed by atoms with Crippen molar-refractivity contribution in [3.05, 3.63) is 33.3 Å². The maximum Gasteiger partial charge on any atom is 0.293 e. The Morgan fingerprint density at radius 3 is 2.47 bits per heavy atom. The van der Waals surface area contributed by atoms with Gasteiger partial charge >= 0.3 is 0 Å². The highest BCUT2D eigenvalue weighted by molar-refractivity contribution is 6.33. The molecule has 1 aromatic rings. The second kappa shape index (κ2) is 5.36. The standard InChI is InChI=1S/C12H17ClN2O2/c1-4-12(3,5-2)14-11-9(13)7-6-8-10(11)15(16)17/h6-8,14H,4-5H2,1-3H3. The smallest absolute Gasteiger partial charge is 0.293 e. The van der Waals surface area contributed by atoms with Crippen molar-refractivity contribution in [2.24, 2.45) is 0 Å². The van der Waals surface area contributed by atoms with Gasteiger partial charge in [0.25, 0.3) is 5.69 Å². The molecule has 4 nitrogen and oxygen atoms in total. The summed E-state index contributed by atoms with van der Waals surface area (Å²) in [5.41, 5.74) is 0.242. The number of nitro groups is 1. The summed E-state index contributed by atoms with van der Waals surface area (Å²) < 4.78 is 0. The van der Waals surface area contributed by atoms with Crippen molar-refractivity contribution in [3.63, 3.8) is 0 Å². The van der Waals surface area contributed by atoms with Crippen LogP contribution in [-0.4, -0.2) is 10.5 Å². The molecular weight excluding hydrogens is 240 g/mol. The van der Waals surface area contributed by atoms with Gasteiger partial charge in [0.15, 0.2) is 0 Å². The Bertz CT molecular complexity index is 417. The number of hydrogen-bond donors (Lipinski definition) is 1. The quantitative estimate of drug-likeness (QED) is 0.633. The summed E-state index contributed by atoms with van der Waals surface area (Å²) in [6.07, 6.45) is 1.73. The molecule has 0 spiro atoms. The van der Waals surface area contributed by atoms with Crippen molar-refractivity contribution < 1.29 is 4.92 Å². The lowest BCUT2D eigenvalue weighted by Crippen LogP contribution is -2.33. The van der Waals surface area contributed by atoms with Crippen LogP contribution in [0.25, 0.3) is 0 Å². The summed E-state index contributed by atoms with van der Waals surface area (Å²) >= 11 is 6.03. The van der Waals surface area contributed by atoms with Crippen molar-refractivity contribution in [1.82, 2.24) is 0 Å². The molecule has 0 saturated carbocycles. The lowest BCUT2D eigenvalue weighted by atomic mass is 9.95. The van der Waals surface area contributed by atoms with Gasteiger partial charge in [0, 0.05) is 11.6 Å². The summed E-state index contributed by atoms with van der Waals surface area (Å²) in [6.45, 7) is 6.11. The number of nitrogens with zero attached hydrogens (tertiary/aromatic N) is 1. The van der Waals surface area contributed by atoms with Gasteiger partial charge in [-0.2, -0.15) is 0 Å². The van der Waals surface area contributed by atoms with Crippen molar-refractivity contribution in [1.29, 1.82) is 0 Å². The number of rotatable bonds is 5. The van der Waals surface area contributed by atoms with Gasteiger partial charge < -0.3 is 5.32 Å². The van der Waals surface area contributed by atoms with Crippen LogP contribution >= 0.6 is 11.6 Å². The third-order valence-electron chi connectivity index (χ3n) is 3.18. The molecule has 0 radical (unpaired) electrons. The summed E-state index contributed by atoms with van der Waals surface area (Å²) in [5, 5.41) is 14.5. The number of anilines is 1. The molecule has 1 aromatic carbocycles. The van der Waals surface area contributed by atoms with Gasteiger partial charge in [0.2, 0.25) is 0 Å². The molecule has 0 heterocycles. The zero-order chi connectivity index (χ0) is 13.1. The first kappa shape index (κ1) is 13.8. The van der Waals surface area contributed by atoms with E-state index >= 15 is 0 Å². The third-order valence-corrected chi connectivity index (χ3v) is 3.49. The van der Waals surface area contributed by atoms with Crippen LogP contribution in [0.3, 0.4) is 0 Å². The second-order valence-electron chi connectivity index (χ2n) is 4.28. The maximum absolute atomic E-state index is 10.9. The van der Waals surface area contributed by atoms with E-state index in [4.69, 9.17) is 11.6 Å². The first-order valence-corrected chi connectivity index (χ1v) is 6.02. The van der Waals surface area contributed by atoms with Crippen molar-refractivity contribution in [2.45, 2.75) is 39.2 Å². The van der Waals surface area contributed by atoms with E-state index < -0.39 is 4.92 Å². The van der Waals surface area contributed by atoms with Crippen LogP contribution in [0.5, 0.6) is 0 Å². The van der Waals surface area contributed by atoms with Gasteiger partial charge in [0.05, 0.1) is 9.95 Å². The Morgan fingerprint density at radius 1 is 1.41 bits per heavy atom. The third kappa shape index (κ3) is 3.09. The fraction of sp³-hybridized carbons (Fsp3) is 0.500. The molecule has 94 valence electrons. The van der Waals surface area contributed by atoms with E-state index in [0.29, 0.717) is 10.7 Å². The SMILES string of the molecule is CCC(C)(CC)Nc1c(Cl)cccc1[N+](=O)[O-]. The lowest BCUT2D eigenvalue weighted by Gasteiger charge is -2.29. The summed E-state index contributed by atoms with van der Waals surface area (Å²) in [6, 6.07) is 4.70. The van der Waals surface area contributed by atoms with E-state index in [0.717, 1.165) is 12.8 Å². The molecule has 0 fully saturated rings. The van der Waals surface area contributed by atoms with E-state index in [1.165, 1.54) is 6.07 Å². The van der Waals surface area contributed by atoms with E-state index in [2.05, 4.69) is 5.32 Å². The Hall–Kier alpha value is -1.29. The summed E-state index contributed by atoms with van der Waals surface area (Å²) in [4.78, 5) is 10.5. The molecule has 0 atom stereocenters. The predicted octanol–water partition coefficient (Wildman–Crippen LogP) is 4.24. The van der Waals surface area contributed by atoms with Gasteiger partial charge in [-0.15, -0.1) is 0 Å². The second-order valence-corrected chi connectivity index (χ2v) is 4.69. The number of halogens is 1. The minimum atomic E-state index is -0.417. The molecule has 0 bridgehead atoms. The molecule has 0 amide bonds. The van der Waals surface area contributed by atoms with Crippen LogP contribution in [0.4, 0.5) is 11.4 Å². The highest BCUT2D eigenvalue weighted by atomic mass is 35.5. The minimum absolute atomic E-state index is 0.0191. The van der Waals surface area contributed by atoms with Crippen molar-refractivity contribution in [3.8, 4) is 0 Å². The molecule has 1 rings (SSSR count). The number of para-hydroxylation sites is 1. The fourth-order valence-electron chi connectivity index (χ4n) is 1.52. The minimum Gasteiger partial charge on any atom is -0.373 e. The number of nitrogens with one attached hydrogen (secondary N) is 1. The number of nitro benzene ring substituents is 1. The summed E-state index contributed by atoms with van der Waals surface area (Å²) in [7, 11) is 0. The molecule has 0 aliphatic rings. The normalized spacial score (nSPS) is 11.3. The van der Waals surface area contributed by atoms with Gasteiger partial charge in [-0.1, -0.05) is 31.5 Å². The largest absolute Gasteiger partial charge is 0.373 e. The molecular formula is C12H17ClN2O2. The van der Waals surface area contributed by atoms with E-state index in [-0.39, 0.29) is 11.2 Å². The molecule has 5 heteroatoms. The van der Waals surface area contributed by atoms with Crippen molar-refractivity contribution in [2.75, 3.05) is 5.32 Å². The maximum atomic E-state index is 10.9. The monoisotopic (exact) mass is 256 g/mol. The van der Waals surface area contributed by atoms with Crippen LogP contribution in [-0.2, 0) is 0 Å². The van der Waals surface area contributed by atoms with Crippen LogP contribution in [0.15, 0.2) is 18.2 Å². The van der Waals surface area contributed by atoms with Crippen LogP contribution in [0.2, 0.25) is 5.02 Å². The van der Waals surface area contributed by atoms with Crippen LogP contribution in [0.1, 0.15) is 33.6 Å². The Morgan fingerprint density at radius 2 is 2.00 bits per heavy atom. The molecule has 17 heavy (non-hydrogen) atoms. The van der Waals surface area contributed by atoms with Crippen molar-refractivity contribution >= 4 is 23.0 Å². The topological polar surface area (TPSA) is 55.2 Å². The zero-order valence-electron chi connectivity index (χ0n) is 10.3. The fourth-order valence-corrected chi connectivity index (χ4v) is 1.73. The van der Waals surface area contributed by atoms with Crippen LogP contribution in [0, 0.1) is 10.1 Å². The number of hydrogen-bond acceptors (Lipinski definition) is 3. The molecule has 0 aliphatic carbocycles. The van der Waals surface area contributed by atoms with E-state index in [9.17, 15) is 10.1 Å². The summed E-state index contributed by atoms with van der Waals surface area (Å²) in [5.74, 6) is 0. The average Bonchev–Trinajstić information content (AvgIpc) is 2.31. The Labute approximate surface area is 106 Å². The molecule has 0 aromatic heterocycles. The zero-order valence-corrected chi connectivity index (χ0v) is 11.0. The lowest BCUT2D eigenvalue weighted by molar-refractivity contribution is -0.384. The number of benzene rings is 1.